The SMILES string of the molecule is CCN1CCCC(n2cc(C)nc2NC(C)COC)C1. The first kappa shape index (κ1) is 15.3. The van der Waals surface area contributed by atoms with Gasteiger partial charge in [-0.2, -0.15) is 0 Å². The molecule has 1 fully saturated rings. The van der Waals surface area contributed by atoms with Gasteiger partial charge < -0.3 is 19.5 Å². The van der Waals surface area contributed by atoms with Crippen LogP contribution in [-0.2, 0) is 4.74 Å². The number of methoxy groups -OCH3 is 1. The largest absolute Gasteiger partial charge is 0.383 e. The van der Waals surface area contributed by atoms with Crippen LogP contribution < -0.4 is 5.32 Å². The van der Waals surface area contributed by atoms with Crippen molar-refractivity contribution < 1.29 is 4.74 Å². The third kappa shape index (κ3) is 3.73. The number of anilines is 1. The van der Waals surface area contributed by atoms with E-state index in [0.717, 1.165) is 24.7 Å². The van der Waals surface area contributed by atoms with Crippen molar-refractivity contribution in [1.29, 1.82) is 0 Å². The molecule has 2 heterocycles. The van der Waals surface area contributed by atoms with Crippen molar-refractivity contribution in [2.75, 3.05) is 38.7 Å². The fourth-order valence-corrected chi connectivity index (χ4v) is 2.96. The van der Waals surface area contributed by atoms with Crippen LogP contribution >= 0.6 is 0 Å². The highest BCUT2D eigenvalue weighted by atomic mass is 16.5. The van der Waals surface area contributed by atoms with E-state index in [2.05, 4.69) is 46.7 Å². The van der Waals surface area contributed by atoms with Crippen LogP contribution in [0.1, 0.15) is 38.4 Å². The Hall–Kier alpha value is -1.07. The zero-order chi connectivity index (χ0) is 14.5. The number of aromatic nitrogens is 2. The van der Waals surface area contributed by atoms with Crippen molar-refractivity contribution in [3.8, 4) is 0 Å². The predicted molar refractivity (Wildman–Crippen MR) is 82.3 cm³/mol. The van der Waals surface area contributed by atoms with Crippen molar-refractivity contribution in [1.82, 2.24) is 14.5 Å². The Balaban J connectivity index is 2.10. The van der Waals surface area contributed by atoms with Crippen LogP contribution in [0.15, 0.2) is 6.20 Å². The van der Waals surface area contributed by atoms with Crippen molar-refractivity contribution in [2.45, 2.75) is 45.7 Å². The molecule has 1 aromatic rings. The van der Waals surface area contributed by atoms with Gasteiger partial charge in [-0.25, -0.2) is 4.98 Å². The highest BCUT2D eigenvalue weighted by molar-refractivity contribution is 5.31. The van der Waals surface area contributed by atoms with Crippen LogP contribution in [0.5, 0.6) is 0 Å². The van der Waals surface area contributed by atoms with Crippen LogP contribution in [-0.4, -0.2) is 53.8 Å². The summed E-state index contributed by atoms with van der Waals surface area (Å²) in [7, 11) is 1.73. The molecule has 2 rings (SSSR count). The summed E-state index contributed by atoms with van der Waals surface area (Å²) in [5, 5.41) is 3.47. The topological polar surface area (TPSA) is 42.3 Å². The molecule has 1 aliphatic rings. The molecule has 0 spiro atoms. The molecule has 5 nitrogen and oxygen atoms in total. The van der Waals surface area contributed by atoms with Crippen molar-refractivity contribution in [3.63, 3.8) is 0 Å². The molecule has 0 amide bonds. The first-order valence-electron chi connectivity index (χ1n) is 7.67. The monoisotopic (exact) mass is 280 g/mol. The average Bonchev–Trinajstić information content (AvgIpc) is 2.80. The molecule has 0 radical (unpaired) electrons. The summed E-state index contributed by atoms with van der Waals surface area (Å²) < 4.78 is 7.52. The fourth-order valence-electron chi connectivity index (χ4n) is 2.96. The molecule has 1 N–H and O–H groups in total. The van der Waals surface area contributed by atoms with Crippen molar-refractivity contribution in [3.05, 3.63) is 11.9 Å². The molecule has 2 unspecified atom stereocenters. The van der Waals surface area contributed by atoms with Gasteiger partial charge in [-0.3, -0.25) is 0 Å². The van der Waals surface area contributed by atoms with Crippen LogP contribution in [0.3, 0.4) is 0 Å². The maximum Gasteiger partial charge on any atom is 0.203 e. The summed E-state index contributed by atoms with van der Waals surface area (Å²) in [6.45, 7) is 10.6. The molecule has 0 bridgehead atoms. The molecule has 0 saturated carbocycles. The van der Waals surface area contributed by atoms with Crippen LogP contribution in [0, 0.1) is 6.92 Å². The summed E-state index contributed by atoms with van der Waals surface area (Å²) in [5.41, 5.74) is 1.07. The number of aryl methyl sites for hydroxylation is 1. The number of piperidine rings is 1. The maximum absolute atomic E-state index is 5.19. The molecule has 1 aromatic heterocycles. The molecule has 0 aromatic carbocycles. The summed E-state index contributed by atoms with van der Waals surface area (Å²) in [6.07, 6.45) is 4.67. The molecule has 2 atom stereocenters. The first-order valence-corrected chi connectivity index (χ1v) is 7.67. The summed E-state index contributed by atoms with van der Waals surface area (Å²) >= 11 is 0. The Labute approximate surface area is 122 Å². The summed E-state index contributed by atoms with van der Waals surface area (Å²) in [4.78, 5) is 7.16. The zero-order valence-electron chi connectivity index (χ0n) is 13.2. The van der Waals surface area contributed by atoms with Crippen LogP contribution in [0.25, 0.3) is 0 Å². The summed E-state index contributed by atoms with van der Waals surface area (Å²) in [6, 6.07) is 0.800. The number of likely N-dealkylation sites (N-methyl/N-ethyl adjacent to an activating group) is 1. The Morgan fingerprint density at radius 1 is 1.55 bits per heavy atom. The highest BCUT2D eigenvalue weighted by Crippen LogP contribution is 2.25. The van der Waals surface area contributed by atoms with E-state index in [1.54, 1.807) is 7.11 Å². The molecule has 1 saturated heterocycles. The van der Waals surface area contributed by atoms with Gasteiger partial charge in [0.15, 0.2) is 0 Å². The lowest BCUT2D eigenvalue weighted by molar-refractivity contribution is 0.183. The number of imidazole rings is 1. The maximum atomic E-state index is 5.19. The standard InChI is InChI=1S/C15H28N4O/c1-5-18-8-6-7-14(10-18)19-9-12(2)16-15(19)17-13(3)11-20-4/h9,13-14H,5-8,10-11H2,1-4H3,(H,16,17). The molecule has 20 heavy (non-hydrogen) atoms. The van der Waals surface area contributed by atoms with Gasteiger partial charge >= 0.3 is 0 Å². The summed E-state index contributed by atoms with van der Waals surface area (Å²) in [5.74, 6) is 0.981. The van der Waals surface area contributed by atoms with Gasteiger partial charge in [0, 0.05) is 31.9 Å². The Kier molecular flexibility index (Phi) is 5.43. The van der Waals surface area contributed by atoms with E-state index < -0.39 is 0 Å². The minimum absolute atomic E-state index is 0.270. The van der Waals surface area contributed by atoms with E-state index in [4.69, 9.17) is 4.74 Å². The highest BCUT2D eigenvalue weighted by Gasteiger charge is 2.23. The molecular weight excluding hydrogens is 252 g/mol. The van der Waals surface area contributed by atoms with Crippen LogP contribution in [0.4, 0.5) is 5.95 Å². The van der Waals surface area contributed by atoms with Gasteiger partial charge in [-0.05, 0) is 39.8 Å². The second-order valence-corrected chi connectivity index (χ2v) is 5.80. The fraction of sp³-hybridized carbons (Fsp3) is 0.800. The van der Waals surface area contributed by atoms with Gasteiger partial charge in [0.25, 0.3) is 0 Å². The number of likely N-dealkylation sites (tertiary alicyclic amines) is 1. The Morgan fingerprint density at radius 3 is 3.05 bits per heavy atom. The molecule has 5 heteroatoms. The number of hydrogen-bond acceptors (Lipinski definition) is 4. The molecule has 1 aliphatic heterocycles. The van der Waals surface area contributed by atoms with Gasteiger partial charge in [-0.1, -0.05) is 6.92 Å². The number of hydrogen-bond donors (Lipinski definition) is 1. The van der Waals surface area contributed by atoms with Gasteiger partial charge in [0.05, 0.1) is 12.3 Å². The van der Waals surface area contributed by atoms with E-state index in [-0.39, 0.29) is 6.04 Å². The van der Waals surface area contributed by atoms with Gasteiger partial charge in [0.2, 0.25) is 5.95 Å². The zero-order valence-corrected chi connectivity index (χ0v) is 13.2. The van der Waals surface area contributed by atoms with E-state index in [0.29, 0.717) is 12.6 Å². The normalized spacial score (nSPS) is 21.9. The average molecular weight is 280 g/mol. The molecule has 0 aliphatic carbocycles. The number of nitrogens with one attached hydrogen (secondary N) is 1. The van der Waals surface area contributed by atoms with E-state index in [9.17, 15) is 0 Å². The lowest BCUT2D eigenvalue weighted by Crippen LogP contribution is -2.37. The minimum atomic E-state index is 0.270. The van der Waals surface area contributed by atoms with Crippen molar-refractivity contribution >= 4 is 5.95 Å². The lowest BCUT2D eigenvalue weighted by Gasteiger charge is -2.33. The minimum Gasteiger partial charge on any atom is -0.383 e. The van der Waals surface area contributed by atoms with Crippen LogP contribution in [0.2, 0.25) is 0 Å². The Morgan fingerprint density at radius 2 is 2.35 bits per heavy atom. The van der Waals surface area contributed by atoms with Gasteiger partial charge in [0.1, 0.15) is 0 Å². The molecule has 114 valence electrons. The van der Waals surface area contributed by atoms with E-state index in [1.807, 2.05) is 0 Å². The number of ether oxygens (including phenoxy) is 1. The first-order chi connectivity index (χ1) is 9.63. The third-order valence-corrected chi connectivity index (χ3v) is 3.97. The third-order valence-electron chi connectivity index (χ3n) is 3.97. The smallest absolute Gasteiger partial charge is 0.203 e. The second-order valence-electron chi connectivity index (χ2n) is 5.80. The van der Waals surface area contributed by atoms with E-state index in [1.165, 1.54) is 19.4 Å². The van der Waals surface area contributed by atoms with Gasteiger partial charge in [-0.15, -0.1) is 0 Å². The second kappa shape index (κ2) is 7.09. The van der Waals surface area contributed by atoms with E-state index >= 15 is 0 Å². The Bertz CT molecular complexity index is 418. The molecular formula is C15H28N4O. The number of nitrogens with zero attached hydrogens (tertiary/aromatic N) is 3. The predicted octanol–water partition coefficient (Wildman–Crippen LogP) is 2.30. The lowest BCUT2D eigenvalue weighted by atomic mass is 10.1. The number of rotatable bonds is 6. The van der Waals surface area contributed by atoms with Crippen molar-refractivity contribution in [2.24, 2.45) is 0 Å². The quantitative estimate of drug-likeness (QED) is 0.868.